The van der Waals surface area contributed by atoms with Crippen LogP contribution in [0, 0.1) is 17.0 Å². The zero-order valence-corrected chi connectivity index (χ0v) is 19.4. The Morgan fingerprint density at radius 1 is 0.943 bits per heavy atom. The maximum absolute atomic E-state index is 11.5. The number of aromatic nitrogens is 2. The number of anilines is 2. The lowest BCUT2D eigenvalue weighted by Crippen LogP contribution is -2.35. The molecule has 35 heavy (non-hydrogen) atoms. The Morgan fingerprint density at radius 3 is 2.37 bits per heavy atom. The molecular weight excluding hydrogens is 462 g/mol. The van der Waals surface area contributed by atoms with E-state index in [2.05, 4.69) is 10.2 Å². The van der Waals surface area contributed by atoms with Gasteiger partial charge >= 0.3 is 0 Å². The minimum absolute atomic E-state index is 0.0332. The van der Waals surface area contributed by atoms with Crippen LogP contribution < -0.4 is 9.91 Å². The van der Waals surface area contributed by atoms with E-state index in [0.717, 1.165) is 27.7 Å². The molecule has 6 rings (SSSR count). The number of para-hydroxylation sites is 1. The molecule has 0 radical (unpaired) electrons. The van der Waals surface area contributed by atoms with Crippen LogP contribution in [0.25, 0.3) is 0 Å². The molecule has 2 aliphatic heterocycles. The van der Waals surface area contributed by atoms with E-state index in [9.17, 15) is 10.1 Å². The van der Waals surface area contributed by atoms with Crippen LogP contribution in [-0.4, -0.2) is 32.8 Å². The maximum Gasteiger partial charge on any atom is 0.269 e. The molecule has 0 saturated carbocycles. The quantitative estimate of drug-likeness (QED) is 0.295. The first kappa shape index (κ1) is 21.1. The number of amidine groups is 2. The number of hydrogen-bond donors (Lipinski definition) is 0. The average molecular weight is 482 g/mol. The summed E-state index contributed by atoms with van der Waals surface area (Å²) in [5, 5.41) is 28.6. The second-order valence-corrected chi connectivity index (χ2v) is 9.30. The Hall–Kier alpha value is -4.44. The average Bonchev–Trinajstić information content (AvgIpc) is 3.58. The molecular formula is C25H19N7O2S. The van der Waals surface area contributed by atoms with E-state index in [1.54, 1.807) is 12.1 Å². The van der Waals surface area contributed by atoms with Crippen LogP contribution in [0.15, 0.2) is 95.0 Å². The van der Waals surface area contributed by atoms with E-state index in [1.165, 1.54) is 17.4 Å². The van der Waals surface area contributed by atoms with Gasteiger partial charge in [-0.3, -0.25) is 25.0 Å². The first-order chi connectivity index (χ1) is 17.1. The molecule has 0 aliphatic carbocycles. The number of nitro benzene ring substituents is 1. The molecule has 3 heterocycles. The Balaban J connectivity index is 1.53. The highest BCUT2D eigenvalue weighted by Gasteiger charge is 2.48. The van der Waals surface area contributed by atoms with Crippen LogP contribution in [0.4, 0.5) is 16.5 Å². The van der Waals surface area contributed by atoms with E-state index in [1.807, 2.05) is 83.6 Å². The van der Waals surface area contributed by atoms with Gasteiger partial charge in [-0.1, -0.05) is 72.0 Å². The highest BCUT2D eigenvalue weighted by molar-refractivity contribution is 7.15. The normalized spacial score (nSPS) is 18.9. The predicted octanol–water partition coefficient (Wildman–Crippen LogP) is 4.97. The van der Waals surface area contributed by atoms with Crippen molar-refractivity contribution in [2.75, 3.05) is 9.91 Å². The Morgan fingerprint density at radius 2 is 1.69 bits per heavy atom. The van der Waals surface area contributed by atoms with Crippen molar-refractivity contribution in [2.45, 2.75) is 19.0 Å². The summed E-state index contributed by atoms with van der Waals surface area (Å²) >= 11 is 1.47. The summed E-state index contributed by atoms with van der Waals surface area (Å²) in [6.45, 7) is 1.91. The zero-order valence-electron chi connectivity index (χ0n) is 18.6. The first-order valence-electron chi connectivity index (χ1n) is 11.0. The number of hydrogen-bond acceptors (Lipinski definition) is 9. The van der Waals surface area contributed by atoms with Gasteiger partial charge in [0.05, 0.1) is 10.6 Å². The summed E-state index contributed by atoms with van der Waals surface area (Å²) in [6, 6.07) is 25.6. The molecule has 0 bridgehead atoms. The number of non-ortho nitro benzene ring substituents is 1. The van der Waals surface area contributed by atoms with E-state index in [4.69, 9.17) is 10.1 Å². The third-order valence-electron chi connectivity index (χ3n) is 5.92. The Labute approximate surface area is 204 Å². The van der Waals surface area contributed by atoms with Gasteiger partial charge in [-0.05, 0) is 24.6 Å². The fourth-order valence-electron chi connectivity index (χ4n) is 4.41. The van der Waals surface area contributed by atoms with Crippen molar-refractivity contribution < 1.29 is 4.92 Å². The number of fused-ring (bicyclic) bond motifs is 1. The minimum atomic E-state index is -0.392. The first-order valence-corrected chi connectivity index (χ1v) is 11.8. The molecule has 0 unspecified atom stereocenters. The zero-order chi connectivity index (χ0) is 23.9. The summed E-state index contributed by atoms with van der Waals surface area (Å²) in [7, 11) is 0. The van der Waals surface area contributed by atoms with Crippen LogP contribution in [0.1, 0.15) is 22.2 Å². The number of rotatable bonds is 5. The van der Waals surface area contributed by atoms with E-state index in [-0.39, 0.29) is 16.7 Å². The largest absolute Gasteiger partial charge is 0.269 e. The van der Waals surface area contributed by atoms with Gasteiger partial charge in [0.25, 0.3) is 5.69 Å². The van der Waals surface area contributed by atoms with Gasteiger partial charge in [0.2, 0.25) is 5.13 Å². The highest BCUT2D eigenvalue weighted by atomic mass is 32.1. The van der Waals surface area contributed by atoms with E-state index < -0.39 is 6.04 Å². The lowest BCUT2D eigenvalue weighted by atomic mass is 9.98. The van der Waals surface area contributed by atoms with Crippen molar-refractivity contribution in [1.82, 2.24) is 10.2 Å². The van der Waals surface area contributed by atoms with Crippen molar-refractivity contribution in [2.24, 2.45) is 10.1 Å². The molecule has 0 spiro atoms. The molecule has 2 aliphatic rings. The molecule has 0 amide bonds. The number of nitro groups is 1. The minimum Gasteiger partial charge on any atom is -0.258 e. The topological polar surface area (TPSA) is 100 Å². The van der Waals surface area contributed by atoms with Crippen LogP contribution in [0.3, 0.4) is 0 Å². The molecule has 0 fully saturated rings. The fraction of sp³-hybridized carbons (Fsp3) is 0.120. The molecule has 1 aromatic heterocycles. The summed E-state index contributed by atoms with van der Waals surface area (Å²) < 4.78 is 0. The molecule has 2 atom stereocenters. The van der Waals surface area contributed by atoms with Gasteiger partial charge in [0, 0.05) is 17.7 Å². The summed E-state index contributed by atoms with van der Waals surface area (Å²) in [5.74, 6) is 1.44. The van der Waals surface area contributed by atoms with E-state index >= 15 is 0 Å². The van der Waals surface area contributed by atoms with Crippen molar-refractivity contribution in [3.63, 3.8) is 0 Å². The number of aliphatic imine (C=N–C) groups is 1. The Bertz CT molecular complexity index is 1470. The monoisotopic (exact) mass is 481 g/mol. The second-order valence-electron chi connectivity index (χ2n) is 8.14. The number of benzene rings is 3. The van der Waals surface area contributed by atoms with Crippen molar-refractivity contribution in [1.29, 1.82) is 0 Å². The van der Waals surface area contributed by atoms with Crippen LogP contribution in [-0.2, 0) is 0 Å². The standard InChI is InChI=1S/C25H19N7O2S/c1-16-27-28-25(35-16)30-23(17-9-4-2-5-10-17)26-21-22(18-11-8-14-20(15-18)32(33)34)31(29-24(21)30)19-12-6-3-7-13-19/h2-15,21-22H,1H3/t21-,22+/m0/s1. The van der Waals surface area contributed by atoms with Gasteiger partial charge in [0.1, 0.15) is 22.9 Å². The summed E-state index contributed by atoms with van der Waals surface area (Å²) in [4.78, 5) is 18.3. The third-order valence-corrected chi connectivity index (χ3v) is 6.75. The number of nitrogens with zero attached hydrogens (tertiary/aromatic N) is 7. The van der Waals surface area contributed by atoms with Crippen molar-refractivity contribution in [3.05, 3.63) is 111 Å². The molecule has 3 aromatic carbocycles. The third kappa shape index (κ3) is 3.64. The summed E-state index contributed by atoms with van der Waals surface area (Å²) in [5.41, 5.74) is 2.60. The van der Waals surface area contributed by atoms with Gasteiger partial charge in [-0.25, -0.2) is 0 Å². The van der Waals surface area contributed by atoms with Crippen LogP contribution >= 0.6 is 11.3 Å². The smallest absolute Gasteiger partial charge is 0.258 e. The highest BCUT2D eigenvalue weighted by Crippen LogP contribution is 2.43. The summed E-state index contributed by atoms with van der Waals surface area (Å²) in [6.07, 6.45) is 0. The van der Waals surface area contributed by atoms with Gasteiger partial charge in [-0.2, -0.15) is 5.10 Å². The Kier molecular flexibility index (Phi) is 5.07. The lowest BCUT2D eigenvalue weighted by molar-refractivity contribution is -0.384. The second kappa shape index (κ2) is 8.41. The number of hydrazone groups is 1. The number of aryl methyl sites for hydroxylation is 1. The van der Waals surface area contributed by atoms with Crippen molar-refractivity contribution >= 4 is 39.5 Å². The van der Waals surface area contributed by atoms with Gasteiger partial charge in [0.15, 0.2) is 5.84 Å². The van der Waals surface area contributed by atoms with Gasteiger partial charge in [-0.15, -0.1) is 10.2 Å². The van der Waals surface area contributed by atoms with Gasteiger partial charge < -0.3 is 0 Å². The fourth-order valence-corrected chi connectivity index (χ4v) is 5.11. The molecule has 0 N–H and O–H groups in total. The molecule has 0 saturated heterocycles. The maximum atomic E-state index is 11.5. The lowest BCUT2D eigenvalue weighted by Gasteiger charge is -2.26. The molecule has 10 heteroatoms. The molecule has 9 nitrogen and oxygen atoms in total. The van der Waals surface area contributed by atoms with Crippen molar-refractivity contribution in [3.8, 4) is 0 Å². The molecule has 4 aromatic rings. The van der Waals surface area contributed by atoms with Crippen LogP contribution in [0.5, 0.6) is 0 Å². The van der Waals surface area contributed by atoms with Crippen LogP contribution in [0.2, 0.25) is 0 Å². The molecule has 172 valence electrons. The SMILES string of the molecule is Cc1nnc(N2C(c3ccccc3)=N[C@@H]3C2=NN(c2ccccc2)[C@@H]3c2cccc([N+](=O)[O-])c2)s1. The predicted molar refractivity (Wildman–Crippen MR) is 136 cm³/mol. The van der Waals surface area contributed by atoms with E-state index in [0.29, 0.717) is 11.0 Å².